The van der Waals surface area contributed by atoms with Crippen LogP contribution in [0.2, 0.25) is 0 Å². The Kier molecular flexibility index (Phi) is 3.60. The molecule has 1 fully saturated rings. The van der Waals surface area contributed by atoms with Gasteiger partial charge in [-0.15, -0.1) is 0 Å². The summed E-state index contributed by atoms with van der Waals surface area (Å²) in [7, 11) is 1.32. The third-order valence-corrected chi connectivity index (χ3v) is 3.80. The van der Waals surface area contributed by atoms with Crippen LogP contribution in [-0.4, -0.2) is 29.9 Å². The minimum absolute atomic E-state index is 0.0387. The number of hydrogen-bond acceptors (Lipinski definition) is 3. The molecule has 102 valence electrons. The van der Waals surface area contributed by atoms with Crippen LogP contribution in [0.1, 0.15) is 25.8 Å². The normalized spacial score (nSPS) is 26.6. The van der Waals surface area contributed by atoms with E-state index in [0.717, 1.165) is 5.56 Å². The summed E-state index contributed by atoms with van der Waals surface area (Å²) < 4.78 is 4.77. The average Bonchev–Trinajstić information content (AvgIpc) is 2.64. The fourth-order valence-corrected chi connectivity index (χ4v) is 2.71. The average molecular weight is 261 g/mol. The molecule has 2 atom stereocenters. The van der Waals surface area contributed by atoms with Gasteiger partial charge in [-0.25, -0.2) is 0 Å². The number of nitrogens with zero attached hydrogens (tertiary/aromatic N) is 1. The van der Waals surface area contributed by atoms with E-state index in [4.69, 9.17) is 4.74 Å². The van der Waals surface area contributed by atoms with Crippen molar-refractivity contribution in [1.82, 2.24) is 4.90 Å². The van der Waals surface area contributed by atoms with Crippen molar-refractivity contribution in [3.63, 3.8) is 0 Å². The van der Waals surface area contributed by atoms with E-state index in [0.29, 0.717) is 13.0 Å². The molecule has 0 saturated carbocycles. The predicted molar refractivity (Wildman–Crippen MR) is 71.2 cm³/mol. The lowest BCUT2D eigenvalue weighted by molar-refractivity contribution is -0.157. The van der Waals surface area contributed by atoms with Crippen LogP contribution in [0.25, 0.3) is 0 Å². The highest BCUT2D eigenvalue weighted by Gasteiger charge is 2.52. The van der Waals surface area contributed by atoms with Crippen molar-refractivity contribution in [2.24, 2.45) is 5.41 Å². The quantitative estimate of drug-likeness (QED) is 0.617. The monoisotopic (exact) mass is 261 g/mol. The minimum Gasteiger partial charge on any atom is -0.468 e. The van der Waals surface area contributed by atoms with Gasteiger partial charge < -0.3 is 9.64 Å². The van der Waals surface area contributed by atoms with Gasteiger partial charge in [-0.05, 0) is 25.8 Å². The van der Waals surface area contributed by atoms with Crippen LogP contribution in [0, 0.1) is 5.41 Å². The molecule has 4 heteroatoms. The van der Waals surface area contributed by atoms with E-state index < -0.39 is 11.4 Å². The number of likely N-dealkylation sites (tertiary alicyclic amines) is 1. The van der Waals surface area contributed by atoms with Crippen molar-refractivity contribution in [2.45, 2.75) is 32.9 Å². The smallest absolute Gasteiger partial charge is 0.321 e. The van der Waals surface area contributed by atoms with Gasteiger partial charge in [0.15, 0.2) is 0 Å². The summed E-state index contributed by atoms with van der Waals surface area (Å²) in [5.41, 5.74) is 0.0278. The lowest BCUT2D eigenvalue weighted by atomic mass is 9.87. The third kappa shape index (κ3) is 2.35. The van der Waals surface area contributed by atoms with Gasteiger partial charge in [-0.3, -0.25) is 9.59 Å². The molecule has 1 saturated heterocycles. The summed E-state index contributed by atoms with van der Waals surface area (Å²) in [6.07, 6.45) is 0.505. The van der Waals surface area contributed by atoms with Gasteiger partial charge in [0, 0.05) is 12.6 Å². The predicted octanol–water partition coefficient (Wildman–Crippen LogP) is 1.99. The Morgan fingerprint density at radius 1 is 1.42 bits per heavy atom. The second-order valence-electron chi connectivity index (χ2n) is 5.30. The Morgan fingerprint density at radius 2 is 2.05 bits per heavy atom. The van der Waals surface area contributed by atoms with E-state index in [2.05, 4.69) is 0 Å². The molecule has 19 heavy (non-hydrogen) atoms. The van der Waals surface area contributed by atoms with E-state index >= 15 is 0 Å². The Bertz CT molecular complexity index is 485. The number of carbonyl (C=O) groups is 2. The first kappa shape index (κ1) is 13.6. The number of hydrogen-bond donors (Lipinski definition) is 0. The number of esters is 1. The largest absolute Gasteiger partial charge is 0.468 e. The van der Waals surface area contributed by atoms with Crippen LogP contribution in [0.5, 0.6) is 0 Å². The molecule has 1 heterocycles. The van der Waals surface area contributed by atoms with E-state index in [9.17, 15) is 9.59 Å². The number of rotatable bonds is 3. The second kappa shape index (κ2) is 5.03. The van der Waals surface area contributed by atoms with Gasteiger partial charge in [0.1, 0.15) is 5.41 Å². The van der Waals surface area contributed by atoms with E-state index in [1.165, 1.54) is 7.11 Å². The highest BCUT2D eigenvalue weighted by Crippen LogP contribution is 2.37. The van der Waals surface area contributed by atoms with Crippen molar-refractivity contribution in [3.05, 3.63) is 35.9 Å². The van der Waals surface area contributed by atoms with Crippen molar-refractivity contribution >= 4 is 11.9 Å². The first-order chi connectivity index (χ1) is 8.99. The molecule has 0 aromatic heterocycles. The summed E-state index contributed by atoms with van der Waals surface area (Å²) in [6, 6.07) is 9.83. The Morgan fingerprint density at radius 3 is 2.63 bits per heavy atom. The first-order valence-electron chi connectivity index (χ1n) is 6.42. The summed E-state index contributed by atoms with van der Waals surface area (Å²) >= 11 is 0. The molecule has 0 bridgehead atoms. The molecule has 1 aromatic carbocycles. The zero-order valence-corrected chi connectivity index (χ0v) is 11.6. The highest BCUT2D eigenvalue weighted by atomic mass is 16.5. The Labute approximate surface area is 113 Å². The van der Waals surface area contributed by atoms with Gasteiger partial charge >= 0.3 is 5.97 Å². The third-order valence-electron chi connectivity index (χ3n) is 3.80. The van der Waals surface area contributed by atoms with Crippen molar-refractivity contribution in [1.29, 1.82) is 0 Å². The lowest BCUT2D eigenvalue weighted by Gasteiger charge is -2.23. The maximum absolute atomic E-state index is 12.5. The molecular formula is C15H19NO3. The van der Waals surface area contributed by atoms with Gasteiger partial charge in [0.2, 0.25) is 5.91 Å². The molecule has 0 unspecified atom stereocenters. The Hall–Kier alpha value is -1.84. The van der Waals surface area contributed by atoms with E-state index in [1.54, 1.807) is 11.8 Å². The fourth-order valence-electron chi connectivity index (χ4n) is 2.71. The van der Waals surface area contributed by atoms with Crippen LogP contribution in [0.4, 0.5) is 0 Å². The maximum Gasteiger partial charge on any atom is 0.321 e. The van der Waals surface area contributed by atoms with Crippen molar-refractivity contribution in [2.75, 3.05) is 7.11 Å². The highest BCUT2D eigenvalue weighted by molar-refractivity contribution is 6.03. The molecule has 2 rings (SSSR count). The van der Waals surface area contributed by atoms with Gasteiger partial charge in [-0.2, -0.15) is 0 Å². The number of carbonyl (C=O) groups excluding carboxylic acids is 2. The number of benzene rings is 1. The number of methoxy groups -OCH3 is 1. The van der Waals surface area contributed by atoms with Crippen molar-refractivity contribution in [3.8, 4) is 0 Å². The van der Waals surface area contributed by atoms with Crippen molar-refractivity contribution < 1.29 is 14.3 Å². The molecule has 0 aliphatic carbocycles. The standard InChI is InChI=1S/C15H19NO3/c1-11-9-15(2,14(18)19-3)13(17)16(11)10-12-7-5-4-6-8-12/h4-8,11H,9-10H2,1-3H3/t11-,15+/m1/s1. The Balaban J connectivity index is 2.20. The number of amides is 1. The fraction of sp³-hybridized carbons (Fsp3) is 0.467. The number of ether oxygens (including phenoxy) is 1. The van der Waals surface area contributed by atoms with E-state index in [1.807, 2.05) is 37.3 Å². The molecule has 4 nitrogen and oxygen atoms in total. The summed E-state index contributed by atoms with van der Waals surface area (Å²) in [4.78, 5) is 26.0. The molecule has 1 aromatic rings. The van der Waals surface area contributed by atoms with Crippen LogP contribution in [0.3, 0.4) is 0 Å². The van der Waals surface area contributed by atoms with Crippen LogP contribution < -0.4 is 0 Å². The summed E-state index contributed by atoms with van der Waals surface area (Å²) in [6.45, 7) is 4.17. The van der Waals surface area contributed by atoms with Gasteiger partial charge in [-0.1, -0.05) is 30.3 Å². The molecule has 0 spiro atoms. The van der Waals surface area contributed by atoms with Crippen LogP contribution in [-0.2, 0) is 20.9 Å². The lowest BCUT2D eigenvalue weighted by Crippen LogP contribution is -2.39. The molecule has 1 amide bonds. The SMILES string of the molecule is COC(=O)[C@@]1(C)C[C@@H](C)N(Cc2ccccc2)C1=O. The first-order valence-corrected chi connectivity index (χ1v) is 6.42. The van der Waals surface area contributed by atoms with Gasteiger partial charge in [0.05, 0.1) is 7.11 Å². The zero-order chi connectivity index (χ0) is 14.0. The molecule has 0 radical (unpaired) electrons. The maximum atomic E-state index is 12.5. The summed E-state index contributed by atoms with van der Waals surface area (Å²) in [5.74, 6) is -0.587. The second-order valence-corrected chi connectivity index (χ2v) is 5.30. The molecule has 1 aliphatic rings. The van der Waals surface area contributed by atoms with Crippen LogP contribution >= 0.6 is 0 Å². The molecular weight excluding hydrogens is 242 g/mol. The summed E-state index contributed by atoms with van der Waals surface area (Å²) in [5, 5.41) is 0. The van der Waals surface area contributed by atoms with E-state index in [-0.39, 0.29) is 11.9 Å². The van der Waals surface area contributed by atoms with Gasteiger partial charge in [0.25, 0.3) is 0 Å². The van der Waals surface area contributed by atoms with Crippen LogP contribution in [0.15, 0.2) is 30.3 Å². The minimum atomic E-state index is -1.04. The zero-order valence-electron chi connectivity index (χ0n) is 11.6. The topological polar surface area (TPSA) is 46.6 Å². The molecule has 1 aliphatic heterocycles. The molecule has 0 N–H and O–H groups in total.